The van der Waals surface area contributed by atoms with Gasteiger partial charge in [0, 0.05) is 27.2 Å². The minimum atomic E-state index is -0.350. The highest BCUT2D eigenvalue weighted by Crippen LogP contribution is 2.36. The summed E-state index contributed by atoms with van der Waals surface area (Å²) in [4.78, 5) is 17.3. The number of nitrogens with zero attached hydrogens (tertiary/aromatic N) is 2. The number of hydrogen-bond donors (Lipinski definition) is 2. The highest BCUT2D eigenvalue weighted by atomic mass is 35.5. The number of halogens is 2. The Balaban J connectivity index is 1.18. The van der Waals surface area contributed by atoms with E-state index < -0.39 is 0 Å². The number of aromatic nitrogens is 1. The second-order valence-corrected chi connectivity index (χ2v) is 11.0. The van der Waals surface area contributed by atoms with Gasteiger partial charge in [-0.3, -0.25) is 4.79 Å². The zero-order valence-electron chi connectivity index (χ0n) is 22.7. The molecule has 10 heteroatoms. The lowest BCUT2D eigenvalue weighted by molar-refractivity contribution is 0.0955. The van der Waals surface area contributed by atoms with Crippen LogP contribution in [0, 0.1) is 6.92 Å². The Bertz CT molecular complexity index is 1720. The smallest absolute Gasteiger partial charge is 0.271 e. The fraction of sp³-hybridized carbons (Fsp3) is 0.0938. The summed E-state index contributed by atoms with van der Waals surface area (Å²) in [5.74, 6) is 0.489. The Morgan fingerprint density at radius 1 is 1.02 bits per heavy atom. The Kier molecular flexibility index (Phi) is 9.38. The topological polar surface area (TPSA) is 84.8 Å². The van der Waals surface area contributed by atoms with Crippen molar-refractivity contribution < 1.29 is 14.3 Å². The molecule has 0 radical (unpaired) electrons. The molecular formula is C32H26Cl2N4O3S. The number of hydrazone groups is 1. The number of nitrogens with one attached hydrogen (secondary N) is 2. The Morgan fingerprint density at radius 3 is 2.55 bits per heavy atom. The van der Waals surface area contributed by atoms with Gasteiger partial charge in [0.2, 0.25) is 0 Å². The van der Waals surface area contributed by atoms with Crippen molar-refractivity contribution in [2.75, 3.05) is 12.4 Å². The molecule has 0 atom stereocenters. The SMILES string of the molecule is COc1cc(/C=N\NC(=O)c2ccc(-c3csc(Nc4ccc(C)cc4)n3)cc2)cc(Cl)c1OCc1cccc(Cl)c1. The molecule has 0 unspecified atom stereocenters. The number of carbonyl (C=O) groups excluding carboxylic acids is 1. The molecule has 1 heterocycles. The van der Waals surface area contributed by atoms with E-state index in [0.717, 1.165) is 27.6 Å². The molecule has 0 saturated heterocycles. The van der Waals surface area contributed by atoms with Crippen molar-refractivity contribution in [3.8, 4) is 22.8 Å². The minimum absolute atomic E-state index is 0.271. The molecule has 7 nitrogen and oxygen atoms in total. The van der Waals surface area contributed by atoms with Crippen LogP contribution in [0.3, 0.4) is 0 Å². The minimum Gasteiger partial charge on any atom is -0.493 e. The molecule has 1 aromatic heterocycles. The quantitative estimate of drug-likeness (QED) is 0.121. The van der Waals surface area contributed by atoms with Crippen LogP contribution < -0.4 is 20.2 Å². The summed E-state index contributed by atoms with van der Waals surface area (Å²) in [6, 6.07) is 26.1. The van der Waals surface area contributed by atoms with E-state index in [4.69, 9.17) is 32.7 Å². The molecule has 42 heavy (non-hydrogen) atoms. The van der Waals surface area contributed by atoms with E-state index in [9.17, 15) is 4.79 Å². The summed E-state index contributed by atoms with van der Waals surface area (Å²) in [5, 5.41) is 11.1. The van der Waals surface area contributed by atoms with Crippen LogP contribution in [0.15, 0.2) is 95.4 Å². The van der Waals surface area contributed by atoms with Crippen molar-refractivity contribution in [2.24, 2.45) is 5.10 Å². The van der Waals surface area contributed by atoms with Crippen molar-refractivity contribution in [3.63, 3.8) is 0 Å². The van der Waals surface area contributed by atoms with Gasteiger partial charge >= 0.3 is 0 Å². The molecule has 5 aromatic rings. The summed E-state index contributed by atoms with van der Waals surface area (Å²) < 4.78 is 11.4. The van der Waals surface area contributed by atoms with Crippen molar-refractivity contribution in [2.45, 2.75) is 13.5 Å². The number of benzene rings is 4. The molecule has 2 N–H and O–H groups in total. The third-order valence-corrected chi connectivity index (χ3v) is 7.43. The molecule has 0 aliphatic rings. The number of carbonyl (C=O) groups is 1. The number of hydrogen-bond acceptors (Lipinski definition) is 7. The molecule has 0 fully saturated rings. The number of rotatable bonds is 10. The Morgan fingerprint density at radius 2 is 1.81 bits per heavy atom. The number of amides is 1. The number of thiazole rings is 1. The lowest BCUT2D eigenvalue weighted by atomic mass is 10.1. The van der Waals surface area contributed by atoms with E-state index in [0.29, 0.717) is 32.7 Å². The molecule has 212 valence electrons. The second kappa shape index (κ2) is 13.5. The van der Waals surface area contributed by atoms with E-state index in [2.05, 4.69) is 27.8 Å². The van der Waals surface area contributed by atoms with Gasteiger partial charge in [-0.1, -0.05) is 65.2 Å². The molecule has 0 aliphatic carbocycles. The van der Waals surface area contributed by atoms with Crippen molar-refractivity contribution in [3.05, 3.63) is 123 Å². The average Bonchev–Trinajstić information content (AvgIpc) is 3.46. The fourth-order valence-corrected chi connectivity index (χ4v) is 5.21. The maximum Gasteiger partial charge on any atom is 0.271 e. The first-order valence-electron chi connectivity index (χ1n) is 12.9. The number of ether oxygens (including phenoxy) is 2. The molecule has 0 spiro atoms. The lowest BCUT2D eigenvalue weighted by Crippen LogP contribution is -2.17. The summed E-state index contributed by atoms with van der Waals surface area (Å²) in [6.07, 6.45) is 1.49. The van der Waals surface area contributed by atoms with E-state index in [1.807, 2.05) is 60.0 Å². The predicted molar refractivity (Wildman–Crippen MR) is 171 cm³/mol. The second-order valence-electron chi connectivity index (χ2n) is 9.26. The van der Waals surface area contributed by atoms with Gasteiger partial charge in [0.15, 0.2) is 16.6 Å². The van der Waals surface area contributed by atoms with Crippen LogP contribution in [-0.4, -0.2) is 24.2 Å². The number of aryl methyl sites for hydroxylation is 1. The molecule has 4 aromatic carbocycles. The Hall–Kier alpha value is -4.37. The largest absolute Gasteiger partial charge is 0.493 e. The van der Waals surface area contributed by atoms with Gasteiger partial charge in [0.05, 0.1) is 24.0 Å². The van der Waals surface area contributed by atoms with Crippen molar-refractivity contribution in [1.82, 2.24) is 10.4 Å². The van der Waals surface area contributed by atoms with Crippen LogP contribution in [0.25, 0.3) is 11.3 Å². The average molecular weight is 618 g/mol. The first kappa shape index (κ1) is 29.1. The van der Waals surface area contributed by atoms with E-state index >= 15 is 0 Å². The summed E-state index contributed by atoms with van der Waals surface area (Å²) in [7, 11) is 1.53. The number of methoxy groups -OCH3 is 1. The third-order valence-electron chi connectivity index (χ3n) is 6.15. The predicted octanol–water partition coefficient (Wildman–Crippen LogP) is 8.52. The fourth-order valence-electron chi connectivity index (χ4n) is 3.98. The van der Waals surface area contributed by atoms with Gasteiger partial charge < -0.3 is 14.8 Å². The molecule has 0 bridgehead atoms. The summed E-state index contributed by atoms with van der Waals surface area (Å²) in [5.41, 5.74) is 8.44. The van der Waals surface area contributed by atoms with Gasteiger partial charge in [-0.05, 0) is 66.6 Å². The van der Waals surface area contributed by atoms with Crippen molar-refractivity contribution >= 4 is 57.5 Å². The third kappa shape index (κ3) is 7.47. The first-order valence-corrected chi connectivity index (χ1v) is 14.5. The van der Waals surface area contributed by atoms with E-state index in [1.165, 1.54) is 30.2 Å². The van der Waals surface area contributed by atoms with Crippen LogP contribution in [0.5, 0.6) is 11.5 Å². The van der Waals surface area contributed by atoms with Crippen LogP contribution >= 0.6 is 34.5 Å². The maximum absolute atomic E-state index is 12.7. The summed E-state index contributed by atoms with van der Waals surface area (Å²) in [6.45, 7) is 2.32. The zero-order valence-corrected chi connectivity index (χ0v) is 25.1. The molecule has 0 saturated carbocycles. The molecule has 0 aliphatic heterocycles. The van der Waals surface area contributed by atoms with Gasteiger partial charge in [-0.25, -0.2) is 10.4 Å². The van der Waals surface area contributed by atoms with Gasteiger partial charge in [0.1, 0.15) is 6.61 Å². The molecular weight excluding hydrogens is 591 g/mol. The van der Waals surface area contributed by atoms with E-state index in [1.54, 1.807) is 30.3 Å². The molecule has 5 rings (SSSR count). The Labute approximate surface area is 257 Å². The zero-order chi connectivity index (χ0) is 29.5. The highest BCUT2D eigenvalue weighted by Gasteiger charge is 2.13. The van der Waals surface area contributed by atoms with Gasteiger partial charge in [0.25, 0.3) is 5.91 Å². The van der Waals surface area contributed by atoms with Crippen LogP contribution in [0.2, 0.25) is 10.0 Å². The van der Waals surface area contributed by atoms with Crippen LogP contribution in [0.4, 0.5) is 10.8 Å². The lowest BCUT2D eigenvalue weighted by Gasteiger charge is -2.13. The number of anilines is 2. The first-order chi connectivity index (χ1) is 20.4. The highest BCUT2D eigenvalue weighted by molar-refractivity contribution is 7.14. The summed E-state index contributed by atoms with van der Waals surface area (Å²) >= 11 is 14.0. The normalized spacial score (nSPS) is 11.0. The van der Waals surface area contributed by atoms with Crippen LogP contribution in [-0.2, 0) is 6.61 Å². The molecule has 1 amide bonds. The van der Waals surface area contributed by atoms with E-state index in [-0.39, 0.29) is 12.5 Å². The maximum atomic E-state index is 12.7. The standard InChI is InChI=1S/C32H26Cl2N4O3S/c1-20-6-12-26(13-7-20)36-32-37-28(19-42-32)23-8-10-24(11-9-23)31(39)38-35-17-22-15-27(34)30(29(16-22)40-2)41-18-21-4-3-5-25(33)14-21/h3-17,19H,18H2,1-2H3,(H,36,37)(H,38,39)/b35-17-. The van der Waals surface area contributed by atoms with Crippen LogP contribution in [0.1, 0.15) is 27.0 Å². The van der Waals surface area contributed by atoms with Gasteiger partial charge in [-0.2, -0.15) is 5.10 Å². The van der Waals surface area contributed by atoms with Crippen molar-refractivity contribution in [1.29, 1.82) is 0 Å². The van der Waals surface area contributed by atoms with Gasteiger partial charge in [-0.15, -0.1) is 11.3 Å². The monoisotopic (exact) mass is 616 g/mol.